The van der Waals surface area contributed by atoms with Crippen LogP contribution in [0.25, 0.3) is 11.2 Å². The summed E-state index contributed by atoms with van der Waals surface area (Å²) >= 11 is 0. The second kappa shape index (κ2) is 4.28. The van der Waals surface area contributed by atoms with E-state index in [2.05, 4.69) is 30.2 Å². The molecule has 0 aliphatic carbocycles. The van der Waals surface area contributed by atoms with Crippen LogP contribution in [0, 0.1) is 0 Å². The molecule has 0 fully saturated rings. The van der Waals surface area contributed by atoms with Crippen molar-refractivity contribution in [3.63, 3.8) is 0 Å². The van der Waals surface area contributed by atoms with Crippen molar-refractivity contribution >= 4 is 22.9 Å². The van der Waals surface area contributed by atoms with E-state index in [1.165, 1.54) is 0 Å². The van der Waals surface area contributed by atoms with Gasteiger partial charge in [0.2, 0.25) is 5.95 Å². The molecule has 0 spiro atoms. The SMILES string of the molecule is Nc1nc(NCc2ccncc2)c2[nH]cnc2n1. The highest BCUT2D eigenvalue weighted by Crippen LogP contribution is 2.17. The van der Waals surface area contributed by atoms with Crippen molar-refractivity contribution in [1.82, 2.24) is 24.9 Å². The fourth-order valence-corrected chi connectivity index (χ4v) is 1.66. The van der Waals surface area contributed by atoms with Gasteiger partial charge in [0.15, 0.2) is 11.5 Å². The minimum Gasteiger partial charge on any atom is -0.368 e. The number of imidazole rings is 1. The predicted octanol–water partition coefficient (Wildman–Crippen LogP) is 0.942. The zero-order valence-corrected chi connectivity index (χ0v) is 9.46. The fourth-order valence-electron chi connectivity index (χ4n) is 1.66. The Bertz CT molecular complexity index is 661. The first-order valence-corrected chi connectivity index (χ1v) is 5.42. The van der Waals surface area contributed by atoms with E-state index in [0.717, 1.165) is 11.1 Å². The van der Waals surface area contributed by atoms with E-state index < -0.39 is 0 Å². The number of anilines is 2. The van der Waals surface area contributed by atoms with Crippen LogP contribution in [-0.4, -0.2) is 24.9 Å². The summed E-state index contributed by atoms with van der Waals surface area (Å²) in [6.45, 7) is 0.632. The van der Waals surface area contributed by atoms with Crippen LogP contribution in [-0.2, 0) is 6.54 Å². The Morgan fingerprint density at radius 2 is 2.06 bits per heavy atom. The van der Waals surface area contributed by atoms with Crippen molar-refractivity contribution in [3.05, 3.63) is 36.4 Å². The Kier molecular flexibility index (Phi) is 2.49. The number of pyridine rings is 1. The van der Waals surface area contributed by atoms with Crippen molar-refractivity contribution < 1.29 is 0 Å². The van der Waals surface area contributed by atoms with Gasteiger partial charge in [0.25, 0.3) is 0 Å². The number of aromatic nitrogens is 5. The van der Waals surface area contributed by atoms with Gasteiger partial charge in [0.1, 0.15) is 5.52 Å². The lowest BCUT2D eigenvalue weighted by Crippen LogP contribution is -2.05. The summed E-state index contributed by atoms with van der Waals surface area (Å²) in [5, 5.41) is 3.20. The van der Waals surface area contributed by atoms with Gasteiger partial charge in [0, 0.05) is 18.9 Å². The van der Waals surface area contributed by atoms with Crippen LogP contribution in [0.1, 0.15) is 5.56 Å². The standard InChI is InChI=1S/C11H11N7/c12-11-17-9(8-10(18-11)16-6-15-8)14-5-7-1-3-13-4-2-7/h1-4,6H,5H2,(H4,12,14,15,16,17,18). The number of hydrogen-bond donors (Lipinski definition) is 3. The van der Waals surface area contributed by atoms with E-state index in [-0.39, 0.29) is 5.95 Å². The quantitative estimate of drug-likeness (QED) is 0.630. The maximum atomic E-state index is 5.63. The molecule has 90 valence electrons. The number of hydrogen-bond acceptors (Lipinski definition) is 6. The molecular formula is C11H11N7. The smallest absolute Gasteiger partial charge is 0.224 e. The topological polar surface area (TPSA) is 105 Å². The molecule has 7 nitrogen and oxygen atoms in total. The zero-order chi connectivity index (χ0) is 12.4. The summed E-state index contributed by atoms with van der Waals surface area (Å²) in [6.07, 6.45) is 5.06. The van der Waals surface area contributed by atoms with Crippen LogP contribution < -0.4 is 11.1 Å². The molecule has 0 atom stereocenters. The molecule has 0 aliphatic rings. The van der Waals surface area contributed by atoms with Crippen LogP contribution in [0.15, 0.2) is 30.9 Å². The molecule has 3 heterocycles. The number of nitrogen functional groups attached to an aromatic ring is 1. The van der Waals surface area contributed by atoms with E-state index in [1.807, 2.05) is 12.1 Å². The van der Waals surface area contributed by atoms with Crippen molar-refractivity contribution in [1.29, 1.82) is 0 Å². The van der Waals surface area contributed by atoms with Gasteiger partial charge >= 0.3 is 0 Å². The number of nitrogens with two attached hydrogens (primary N) is 1. The van der Waals surface area contributed by atoms with E-state index in [9.17, 15) is 0 Å². The van der Waals surface area contributed by atoms with E-state index in [1.54, 1.807) is 18.7 Å². The Hall–Kier alpha value is -2.70. The van der Waals surface area contributed by atoms with Gasteiger partial charge in [0.05, 0.1) is 6.33 Å². The van der Waals surface area contributed by atoms with E-state index >= 15 is 0 Å². The summed E-state index contributed by atoms with van der Waals surface area (Å²) in [5.41, 5.74) is 8.04. The van der Waals surface area contributed by atoms with Crippen LogP contribution in [0.4, 0.5) is 11.8 Å². The first-order valence-electron chi connectivity index (χ1n) is 5.42. The summed E-state index contributed by atoms with van der Waals surface area (Å²) < 4.78 is 0. The molecular weight excluding hydrogens is 230 g/mol. The lowest BCUT2D eigenvalue weighted by molar-refractivity contribution is 1.09. The maximum absolute atomic E-state index is 5.63. The predicted molar refractivity (Wildman–Crippen MR) is 67.7 cm³/mol. The van der Waals surface area contributed by atoms with E-state index in [0.29, 0.717) is 18.0 Å². The number of nitrogens with zero attached hydrogens (tertiary/aromatic N) is 4. The van der Waals surface area contributed by atoms with Gasteiger partial charge in [-0.3, -0.25) is 4.98 Å². The Morgan fingerprint density at radius 3 is 2.89 bits per heavy atom. The van der Waals surface area contributed by atoms with Gasteiger partial charge in [-0.25, -0.2) is 4.98 Å². The number of H-pyrrole nitrogens is 1. The third kappa shape index (κ3) is 1.93. The van der Waals surface area contributed by atoms with Gasteiger partial charge in [-0.05, 0) is 17.7 Å². The maximum Gasteiger partial charge on any atom is 0.224 e. The van der Waals surface area contributed by atoms with Crippen LogP contribution in [0.3, 0.4) is 0 Å². The molecule has 0 saturated carbocycles. The first-order chi connectivity index (χ1) is 8.83. The van der Waals surface area contributed by atoms with Gasteiger partial charge in [-0.2, -0.15) is 9.97 Å². The highest BCUT2D eigenvalue weighted by Gasteiger charge is 2.07. The molecule has 18 heavy (non-hydrogen) atoms. The highest BCUT2D eigenvalue weighted by molar-refractivity contribution is 5.83. The van der Waals surface area contributed by atoms with Crippen molar-refractivity contribution in [2.75, 3.05) is 11.1 Å². The lowest BCUT2D eigenvalue weighted by atomic mass is 10.3. The van der Waals surface area contributed by atoms with Gasteiger partial charge < -0.3 is 16.0 Å². The number of aromatic amines is 1. The second-order valence-electron chi connectivity index (χ2n) is 3.74. The molecule has 0 bridgehead atoms. The Labute approximate surface area is 103 Å². The molecule has 0 aliphatic heterocycles. The Morgan fingerprint density at radius 1 is 1.22 bits per heavy atom. The van der Waals surface area contributed by atoms with Gasteiger partial charge in [-0.15, -0.1) is 0 Å². The molecule has 4 N–H and O–H groups in total. The molecule has 3 rings (SSSR count). The number of fused-ring (bicyclic) bond motifs is 1. The third-order valence-corrected chi connectivity index (χ3v) is 2.51. The molecule has 0 aromatic carbocycles. The second-order valence-corrected chi connectivity index (χ2v) is 3.74. The first kappa shape index (κ1) is 10.5. The van der Waals surface area contributed by atoms with E-state index in [4.69, 9.17) is 5.73 Å². The molecule has 3 aromatic rings. The zero-order valence-electron chi connectivity index (χ0n) is 9.46. The minimum absolute atomic E-state index is 0.201. The molecule has 7 heteroatoms. The number of rotatable bonds is 3. The average Bonchev–Trinajstić information content (AvgIpc) is 2.85. The summed E-state index contributed by atoms with van der Waals surface area (Å²) in [7, 11) is 0. The molecule has 0 saturated heterocycles. The molecule has 0 radical (unpaired) electrons. The minimum atomic E-state index is 0.201. The van der Waals surface area contributed by atoms with Crippen LogP contribution in [0.2, 0.25) is 0 Å². The van der Waals surface area contributed by atoms with Gasteiger partial charge in [-0.1, -0.05) is 0 Å². The lowest BCUT2D eigenvalue weighted by Gasteiger charge is -2.06. The van der Waals surface area contributed by atoms with Crippen molar-refractivity contribution in [2.24, 2.45) is 0 Å². The van der Waals surface area contributed by atoms with Crippen LogP contribution >= 0.6 is 0 Å². The average molecular weight is 241 g/mol. The molecule has 0 unspecified atom stereocenters. The third-order valence-electron chi connectivity index (χ3n) is 2.51. The summed E-state index contributed by atoms with van der Waals surface area (Å²) in [5.74, 6) is 0.846. The molecule has 0 amide bonds. The fraction of sp³-hybridized carbons (Fsp3) is 0.0909. The normalized spacial score (nSPS) is 10.7. The highest BCUT2D eigenvalue weighted by atomic mass is 15.1. The van der Waals surface area contributed by atoms with Crippen LogP contribution in [0.5, 0.6) is 0 Å². The number of nitrogens with one attached hydrogen (secondary N) is 2. The monoisotopic (exact) mass is 241 g/mol. The Balaban J connectivity index is 1.88. The largest absolute Gasteiger partial charge is 0.368 e. The van der Waals surface area contributed by atoms with Crippen molar-refractivity contribution in [3.8, 4) is 0 Å². The van der Waals surface area contributed by atoms with Crippen molar-refractivity contribution in [2.45, 2.75) is 6.54 Å². The summed E-state index contributed by atoms with van der Waals surface area (Å²) in [4.78, 5) is 19.2. The molecule has 3 aromatic heterocycles. The summed E-state index contributed by atoms with van der Waals surface area (Å²) in [6, 6.07) is 3.86.